The van der Waals surface area contributed by atoms with E-state index in [-0.39, 0.29) is 11.5 Å². The van der Waals surface area contributed by atoms with Gasteiger partial charge in [0.15, 0.2) is 5.78 Å². The van der Waals surface area contributed by atoms with E-state index < -0.39 is 0 Å². The fourth-order valence-corrected chi connectivity index (χ4v) is 0.599. The lowest BCUT2D eigenvalue weighted by atomic mass is 10.4. The number of ketones is 1. The summed E-state index contributed by atoms with van der Waals surface area (Å²) < 4.78 is 0. The first-order chi connectivity index (χ1) is 6.20. The minimum atomic E-state index is -0.183. The molecule has 4 nitrogen and oxygen atoms in total. The number of rotatable bonds is 3. The SMILES string of the molecule is C=C(N=Nc1ccncc1)C(C)=O. The second-order valence-electron chi connectivity index (χ2n) is 2.41. The molecule has 0 aliphatic rings. The fraction of sp³-hybridized carbons (Fsp3) is 0.111. The lowest BCUT2D eigenvalue weighted by molar-refractivity contribution is -0.113. The van der Waals surface area contributed by atoms with Gasteiger partial charge in [-0.15, -0.1) is 5.11 Å². The van der Waals surface area contributed by atoms with Gasteiger partial charge in [0, 0.05) is 19.3 Å². The van der Waals surface area contributed by atoms with Crippen LogP contribution >= 0.6 is 0 Å². The van der Waals surface area contributed by atoms with E-state index in [2.05, 4.69) is 21.8 Å². The monoisotopic (exact) mass is 175 g/mol. The second kappa shape index (κ2) is 4.25. The molecular formula is C9H9N3O. The Kier molecular flexibility index (Phi) is 3.03. The summed E-state index contributed by atoms with van der Waals surface area (Å²) in [6.45, 7) is 4.84. The number of allylic oxidation sites excluding steroid dienone is 1. The average Bonchev–Trinajstić information content (AvgIpc) is 2.15. The molecule has 0 bridgehead atoms. The lowest BCUT2D eigenvalue weighted by Gasteiger charge is -1.90. The Bertz CT molecular complexity index is 343. The topological polar surface area (TPSA) is 54.7 Å². The van der Waals surface area contributed by atoms with Crippen LogP contribution in [-0.2, 0) is 4.79 Å². The van der Waals surface area contributed by atoms with Crippen LogP contribution in [0.15, 0.2) is 47.0 Å². The van der Waals surface area contributed by atoms with Crippen LogP contribution in [0.2, 0.25) is 0 Å². The summed E-state index contributed by atoms with van der Waals surface area (Å²) >= 11 is 0. The van der Waals surface area contributed by atoms with E-state index in [4.69, 9.17) is 0 Å². The molecule has 0 N–H and O–H groups in total. The van der Waals surface area contributed by atoms with Gasteiger partial charge in [-0.1, -0.05) is 6.58 Å². The molecule has 1 aromatic rings. The summed E-state index contributed by atoms with van der Waals surface area (Å²) in [5, 5.41) is 7.44. The number of azo groups is 1. The molecule has 1 heterocycles. The summed E-state index contributed by atoms with van der Waals surface area (Å²) in [5.74, 6) is -0.183. The molecule has 0 amide bonds. The Morgan fingerprint density at radius 1 is 1.46 bits per heavy atom. The third-order valence-corrected chi connectivity index (χ3v) is 1.36. The molecule has 0 unspecified atom stereocenters. The van der Waals surface area contributed by atoms with Crippen LogP contribution in [0.3, 0.4) is 0 Å². The first-order valence-corrected chi connectivity index (χ1v) is 3.72. The Balaban J connectivity index is 2.70. The smallest absolute Gasteiger partial charge is 0.179 e. The van der Waals surface area contributed by atoms with E-state index in [9.17, 15) is 4.79 Å². The first-order valence-electron chi connectivity index (χ1n) is 3.72. The maximum Gasteiger partial charge on any atom is 0.179 e. The zero-order valence-electron chi connectivity index (χ0n) is 7.27. The zero-order valence-corrected chi connectivity index (χ0v) is 7.27. The third-order valence-electron chi connectivity index (χ3n) is 1.36. The van der Waals surface area contributed by atoms with Gasteiger partial charge in [-0.3, -0.25) is 9.78 Å². The number of aromatic nitrogens is 1. The standard InChI is InChI=1S/C9H9N3O/c1-7(8(2)13)11-12-9-3-5-10-6-4-9/h3-6H,1H2,2H3. The van der Waals surface area contributed by atoms with Gasteiger partial charge in [-0.2, -0.15) is 5.11 Å². The predicted octanol–water partition coefficient (Wildman–Crippen LogP) is 2.27. The van der Waals surface area contributed by atoms with Gasteiger partial charge in [-0.05, 0) is 12.1 Å². The average molecular weight is 175 g/mol. The molecule has 0 saturated heterocycles. The summed E-state index contributed by atoms with van der Waals surface area (Å²) in [4.78, 5) is 14.5. The normalized spacial score (nSPS) is 10.2. The van der Waals surface area contributed by atoms with Crippen LogP contribution in [0, 0.1) is 0 Å². The van der Waals surface area contributed by atoms with E-state index in [1.54, 1.807) is 24.5 Å². The van der Waals surface area contributed by atoms with E-state index in [1.165, 1.54) is 6.92 Å². The highest BCUT2D eigenvalue weighted by Gasteiger charge is 1.96. The van der Waals surface area contributed by atoms with E-state index in [0.717, 1.165) is 0 Å². The van der Waals surface area contributed by atoms with Crippen molar-refractivity contribution in [2.75, 3.05) is 0 Å². The highest BCUT2D eigenvalue weighted by Crippen LogP contribution is 2.10. The highest BCUT2D eigenvalue weighted by molar-refractivity contribution is 5.92. The van der Waals surface area contributed by atoms with Gasteiger partial charge in [-0.25, -0.2) is 0 Å². The maximum absolute atomic E-state index is 10.7. The molecule has 1 aromatic heterocycles. The molecule has 13 heavy (non-hydrogen) atoms. The highest BCUT2D eigenvalue weighted by atomic mass is 16.1. The molecule has 0 aliphatic carbocycles. The number of carbonyl (C=O) groups is 1. The summed E-state index contributed by atoms with van der Waals surface area (Å²) in [5.41, 5.74) is 0.800. The van der Waals surface area contributed by atoms with Crippen molar-refractivity contribution in [1.29, 1.82) is 0 Å². The molecule has 1 rings (SSSR count). The molecular weight excluding hydrogens is 166 g/mol. The number of nitrogens with zero attached hydrogens (tertiary/aromatic N) is 3. The van der Waals surface area contributed by atoms with E-state index >= 15 is 0 Å². The zero-order chi connectivity index (χ0) is 9.68. The molecule has 0 atom stereocenters. The van der Waals surface area contributed by atoms with Gasteiger partial charge in [0.2, 0.25) is 0 Å². The van der Waals surface area contributed by atoms with Crippen molar-refractivity contribution < 1.29 is 4.79 Å². The quantitative estimate of drug-likeness (QED) is 0.522. The Labute approximate surface area is 76.0 Å². The van der Waals surface area contributed by atoms with Crippen LogP contribution in [0.5, 0.6) is 0 Å². The minimum absolute atomic E-state index is 0.150. The van der Waals surface area contributed by atoms with Crippen molar-refractivity contribution in [2.24, 2.45) is 10.2 Å². The van der Waals surface area contributed by atoms with Crippen molar-refractivity contribution in [3.8, 4) is 0 Å². The summed E-state index contributed by atoms with van der Waals surface area (Å²) in [6.07, 6.45) is 3.20. The van der Waals surface area contributed by atoms with Crippen molar-refractivity contribution in [2.45, 2.75) is 6.92 Å². The second-order valence-corrected chi connectivity index (χ2v) is 2.41. The van der Waals surface area contributed by atoms with Crippen LogP contribution in [-0.4, -0.2) is 10.8 Å². The molecule has 0 spiro atoms. The lowest BCUT2D eigenvalue weighted by Crippen LogP contribution is -1.88. The van der Waals surface area contributed by atoms with Crippen LogP contribution in [0.1, 0.15) is 6.92 Å². The largest absolute Gasteiger partial charge is 0.293 e. The molecule has 0 aliphatic heterocycles. The van der Waals surface area contributed by atoms with Crippen LogP contribution in [0.25, 0.3) is 0 Å². The predicted molar refractivity (Wildman–Crippen MR) is 48.6 cm³/mol. The molecule has 4 heteroatoms. The Morgan fingerprint density at radius 2 is 2.08 bits per heavy atom. The minimum Gasteiger partial charge on any atom is -0.293 e. The molecule has 0 radical (unpaired) electrons. The van der Waals surface area contributed by atoms with Gasteiger partial charge in [0.05, 0.1) is 5.69 Å². The Morgan fingerprint density at radius 3 is 2.62 bits per heavy atom. The van der Waals surface area contributed by atoms with Crippen LogP contribution in [0.4, 0.5) is 5.69 Å². The number of hydrogen-bond acceptors (Lipinski definition) is 4. The molecule has 0 saturated carbocycles. The van der Waals surface area contributed by atoms with E-state index in [1.807, 2.05) is 0 Å². The van der Waals surface area contributed by atoms with Gasteiger partial charge < -0.3 is 0 Å². The van der Waals surface area contributed by atoms with Crippen molar-refractivity contribution >= 4 is 11.5 Å². The molecule has 0 fully saturated rings. The third kappa shape index (κ3) is 2.94. The number of carbonyl (C=O) groups excluding carboxylic acids is 1. The van der Waals surface area contributed by atoms with Crippen molar-refractivity contribution in [3.63, 3.8) is 0 Å². The first kappa shape index (κ1) is 9.25. The van der Waals surface area contributed by atoms with Crippen molar-refractivity contribution in [1.82, 2.24) is 4.98 Å². The molecule has 0 aromatic carbocycles. The number of hydrogen-bond donors (Lipinski definition) is 0. The van der Waals surface area contributed by atoms with E-state index in [0.29, 0.717) is 5.69 Å². The summed E-state index contributed by atoms with van der Waals surface area (Å²) in [7, 11) is 0. The molecule has 66 valence electrons. The van der Waals surface area contributed by atoms with Gasteiger partial charge in [0.1, 0.15) is 5.70 Å². The fourth-order valence-electron chi connectivity index (χ4n) is 0.599. The van der Waals surface area contributed by atoms with Gasteiger partial charge >= 0.3 is 0 Å². The van der Waals surface area contributed by atoms with Crippen LogP contribution < -0.4 is 0 Å². The summed E-state index contributed by atoms with van der Waals surface area (Å²) in [6, 6.07) is 3.38. The Hall–Kier alpha value is -1.84. The van der Waals surface area contributed by atoms with Crippen molar-refractivity contribution in [3.05, 3.63) is 36.8 Å². The maximum atomic E-state index is 10.7. The van der Waals surface area contributed by atoms with Gasteiger partial charge in [0.25, 0.3) is 0 Å². The number of pyridine rings is 1. The number of Topliss-reactive ketones (excluding diaryl/α,β-unsaturated/α-hetero) is 1.